The molecule has 3 rings (SSSR count). The molecule has 29 heavy (non-hydrogen) atoms. The monoisotopic (exact) mass is 400 g/mol. The predicted molar refractivity (Wildman–Crippen MR) is 108 cm³/mol. The molecule has 0 spiro atoms. The lowest BCUT2D eigenvalue weighted by Gasteiger charge is -2.20. The average molecular weight is 400 g/mol. The zero-order valence-corrected chi connectivity index (χ0v) is 16.9. The van der Waals surface area contributed by atoms with Gasteiger partial charge in [-0.25, -0.2) is 0 Å². The van der Waals surface area contributed by atoms with Gasteiger partial charge >= 0.3 is 0 Å². The van der Waals surface area contributed by atoms with Crippen molar-refractivity contribution in [3.05, 3.63) is 36.4 Å². The quantitative estimate of drug-likeness (QED) is 0.769. The van der Waals surface area contributed by atoms with E-state index in [4.69, 9.17) is 18.9 Å². The summed E-state index contributed by atoms with van der Waals surface area (Å²) in [6, 6.07) is 10.3. The van der Waals surface area contributed by atoms with Crippen molar-refractivity contribution in [2.45, 2.75) is 6.42 Å². The van der Waals surface area contributed by atoms with Gasteiger partial charge in [-0.3, -0.25) is 9.59 Å². The lowest BCUT2D eigenvalue weighted by Crippen LogP contribution is -2.28. The Morgan fingerprint density at radius 3 is 2.17 bits per heavy atom. The van der Waals surface area contributed by atoms with Crippen LogP contribution in [0.5, 0.6) is 23.0 Å². The first-order chi connectivity index (χ1) is 14.0. The molecule has 1 heterocycles. The van der Waals surface area contributed by atoms with Gasteiger partial charge in [-0.05, 0) is 24.3 Å². The van der Waals surface area contributed by atoms with E-state index in [1.807, 2.05) is 0 Å². The summed E-state index contributed by atoms with van der Waals surface area (Å²) in [6.45, 7) is 0.237. The summed E-state index contributed by atoms with van der Waals surface area (Å²) < 4.78 is 21.1. The molecule has 2 amide bonds. The van der Waals surface area contributed by atoms with Gasteiger partial charge in [0, 0.05) is 25.1 Å². The highest BCUT2D eigenvalue weighted by atomic mass is 16.5. The van der Waals surface area contributed by atoms with Crippen LogP contribution >= 0.6 is 0 Å². The maximum atomic E-state index is 12.8. The van der Waals surface area contributed by atoms with E-state index in [1.54, 1.807) is 55.5 Å². The molecule has 0 aromatic heterocycles. The highest BCUT2D eigenvalue weighted by molar-refractivity contribution is 6.04. The van der Waals surface area contributed by atoms with Crippen LogP contribution in [-0.2, 0) is 9.59 Å². The SMILES string of the molecule is COc1ccc(OC)c(NC(=O)[C@@H]2CC(=O)N(c3cc(OC)ccc3OC)C2)c1. The molecule has 0 saturated carbocycles. The smallest absolute Gasteiger partial charge is 0.229 e. The molecular weight excluding hydrogens is 376 g/mol. The van der Waals surface area contributed by atoms with Crippen molar-refractivity contribution in [2.75, 3.05) is 45.2 Å². The Morgan fingerprint density at radius 2 is 1.55 bits per heavy atom. The van der Waals surface area contributed by atoms with Gasteiger partial charge in [0.1, 0.15) is 23.0 Å². The second kappa shape index (κ2) is 8.72. The van der Waals surface area contributed by atoms with Gasteiger partial charge in [0.2, 0.25) is 11.8 Å². The molecule has 2 aromatic rings. The van der Waals surface area contributed by atoms with E-state index in [2.05, 4.69) is 5.32 Å². The lowest BCUT2D eigenvalue weighted by molar-refractivity contribution is -0.122. The molecule has 154 valence electrons. The maximum absolute atomic E-state index is 12.8. The van der Waals surface area contributed by atoms with Crippen LogP contribution in [0.3, 0.4) is 0 Å². The minimum absolute atomic E-state index is 0.0957. The van der Waals surface area contributed by atoms with Crippen LogP contribution in [0.2, 0.25) is 0 Å². The van der Waals surface area contributed by atoms with Crippen molar-refractivity contribution in [1.29, 1.82) is 0 Å². The Morgan fingerprint density at radius 1 is 0.931 bits per heavy atom. The number of carbonyl (C=O) groups is 2. The highest BCUT2D eigenvalue weighted by Gasteiger charge is 2.36. The molecule has 1 aliphatic rings. The molecular formula is C21H24N2O6. The molecule has 1 atom stereocenters. The van der Waals surface area contributed by atoms with E-state index in [0.717, 1.165) is 0 Å². The highest BCUT2D eigenvalue weighted by Crippen LogP contribution is 2.37. The number of hydrogen-bond donors (Lipinski definition) is 1. The third-order valence-electron chi connectivity index (χ3n) is 4.84. The Kier molecular flexibility index (Phi) is 6.11. The predicted octanol–water partition coefficient (Wildman–Crippen LogP) is 2.71. The summed E-state index contributed by atoms with van der Waals surface area (Å²) in [5.41, 5.74) is 1.06. The summed E-state index contributed by atoms with van der Waals surface area (Å²) >= 11 is 0. The minimum Gasteiger partial charge on any atom is -0.497 e. The summed E-state index contributed by atoms with van der Waals surface area (Å²) in [6.07, 6.45) is 0.0957. The van der Waals surface area contributed by atoms with E-state index < -0.39 is 5.92 Å². The number of hydrogen-bond acceptors (Lipinski definition) is 6. The van der Waals surface area contributed by atoms with Crippen molar-refractivity contribution in [2.24, 2.45) is 5.92 Å². The van der Waals surface area contributed by atoms with Gasteiger partial charge in [0.05, 0.1) is 45.7 Å². The third-order valence-corrected chi connectivity index (χ3v) is 4.84. The Hall–Kier alpha value is -3.42. The molecule has 1 aliphatic heterocycles. The second-order valence-electron chi connectivity index (χ2n) is 6.50. The number of carbonyl (C=O) groups excluding carboxylic acids is 2. The van der Waals surface area contributed by atoms with Gasteiger partial charge in [0.25, 0.3) is 0 Å². The van der Waals surface area contributed by atoms with E-state index in [9.17, 15) is 9.59 Å². The third kappa shape index (κ3) is 4.21. The standard InChI is InChI=1S/C21H24N2O6/c1-26-14-5-7-18(28-3)16(10-14)22-21(25)13-9-20(24)23(12-13)17-11-15(27-2)6-8-19(17)29-4/h5-8,10-11,13H,9,12H2,1-4H3,(H,22,25)/t13-/m1/s1. The summed E-state index contributed by atoms with van der Waals surface area (Å²) in [5.74, 6) is 1.29. The van der Waals surface area contributed by atoms with Crippen LogP contribution in [0.1, 0.15) is 6.42 Å². The van der Waals surface area contributed by atoms with Crippen LogP contribution in [0.4, 0.5) is 11.4 Å². The molecule has 1 N–H and O–H groups in total. The Labute approximate surface area is 169 Å². The van der Waals surface area contributed by atoms with Crippen molar-refractivity contribution < 1.29 is 28.5 Å². The first-order valence-electron chi connectivity index (χ1n) is 9.06. The fraction of sp³-hybridized carbons (Fsp3) is 0.333. The second-order valence-corrected chi connectivity index (χ2v) is 6.50. The van der Waals surface area contributed by atoms with Crippen LogP contribution < -0.4 is 29.2 Å². The van der Waals surface area contributed by atoms with Gasteiger partial charge in [-0.1, -0.05) is 0 Å². The number of anilines is 2. The molecule has 0 radical (unpaired) electrons. The van der Waals surface area contributed by atoms with Gasteiger partial charge in [0.15, 0.2) is 0 Å². The average Bonchev–Trinajstić information content (AvgIpc) is 3.14. The van der Waals surface area contributed by atoms with E-state index in [0.29, 0.717) is 34.4 Å². The number of benzene rings is 2. The molecule has 1 fully saturated rings. The van der Waals surface area contributed by atoms with E-state index in [1.165, 1.54) is 14.2 Å². The van der Waals surface area contributed by atoms with Gasteiger partial charge < -0.3 is 29.2 Å². The van der Waals surface area contributed by atoms with E-state index in [-0.39, 0.29) is 24.8 Å². The molecule has 0 bridgehead atoms. The van der Waals surface area contributed by atoms with Gasteiger partial charge in [-0.15, -0.1) is 0 Å². The molecule has 8 heteroatoms. The molecule has 8 nitrogen and oxygen atoms in total. The van der Waals surface area contributed by atoms with Gasteiger partial charge in [-0.2, -0.15) is 0 Å². The largest absolute Gasteiger partial charge is 0.497 e. The minimum atomic E-state index is -0.519. The number of methoxy groups -OCH3 is 4. The van der Waals surface area contributed by atoms with Crippen molar-refractivity contribution in [3.63, 3.8) is 0 Å². The molecule has 1 saturated heterocycles. The first-order valence-corrected chi connectivity index (χ1v) is 9.06. The summed E-state index contributed by atoms with van der Waals surface area (Å²) in [5, 5.41) is 2.84. The summed E-state index contributed by atoms with van der Waals surface area (Å²) in [7, 11) is 6.15. The first kappa shape index (κ1) is 20.3. The zero-order chi connectivity index (χ0) is 21.0. The number of amides is 2. The molecule has 0 aliphatic carbocycles. The normalized spacial score (nSPS) is 15.8. The number of nitrogens with zero attached hydrogens (tertiary/aromatic N) is 1. The topological polar surface area (TPSA) is 86.3 Å². The van der Waals surface area contributed by atoms with E-state index >= 15 is 0 Å². The van der Waals surface area contributed by atoms with Crippen LogP contribution in [0.15, 0.2) is 36.4 Å². The summed E-state index contributed by atoms with van der Waals surface area (Å²) in [4.78, 5) is 27.0. The molecule has 0 unspecified atom stereocenters. The number of rotatable bonds is 7. The van der Waals surface area contributed by atoms with Crippen LogP contribution in [-0.4, -0.2) is 46.8 Å². The van der Waals surface area contributed by atoms with Crippen molar-refractivity contribution in [3.8, 4) is 23.0 Å². The Bertz CT molecular complexity index is 914. The van der Waals surface area contributed by atoms with Crippen molar-refractivity contribution >= 4 is 23.2 Å². The fourth-order valence-corrected chi connectivity index (χ4v) is 3.27. The molecule has 2 aromatic carbocycles. The Balaban J connectivity index is 1.80. The van der Waals surface area contributed by atoms with Crippen LogP contribution in [0, 0.1) is 5.92 Å². The lowest BCUT2D eigenvalue weighted by atomic mass is 10.1. The van der Waals surface area contributed by atoms with Crippen molar-refractivity contribution in [1.82, 2.24) is 0 Å². The fourth-order valence-electron chi connectivity index (χ4n) is 3.27. The number of ether oxygens (including phenoxy) is 4. The number of nitrogens with one attached hydrogen (secondary N) is 1. The maximum Gasteiger partial charge on any atom is 0.229 e. The van der Waals surface area contributed by atoms with Crippen LogP contribution in [0.25, 0.3) is 0 Å². The zero-order valence-electron chi connectivity index (χ0n) is 16.9.